The molecule has 10 atom stereocenters. The number of aliphatic hydroxyl groups is 6. The monoisotopic (exact) mass is 550 g/mol. The van der Waals surface area contributed by atoms with Crippen molar-refractivity contribution in [1.29, 1.82) is 0 Å². The molecule has 2 amide bonds. The van der Waals surface area contributed by atoms with Crippen molar-refractivity contribution < 1.29 is 54.4 Å². The number of aliphatic hydroxyl groups excluding tert-OH is 6. The van der Waals surface area contributed by atoms with E-state index in [1.54, 1.807) is 0 Å². The van der Waals surface area contributed by atoms with Gasteiger partial charge in [0, 0.05) is 19.9 Å². The number of unbranched alkanes of at least 4 members (excludes halogenated alkanes) is 5. The van der Waals surface area contributed by atoms with Crippen molar-refractivity contribution in [2.45, 2.75) is 126 Å². The average Bonchev–Trinajstić information content (AvgIpc) is 2.89. The number of nitrogens with one attached hydrogen (secondary N) is 2. The van der Waals surface area contributed by atoms with Crippen molar-refractivity contribution in [2.24, 2.45) is 0 Å². The summed E-state index contributed by atoms with van der Waals surface area (Å²) in [5.41, 5.74) is 0. The van der Waals surface area contributed by atoms with E-state index in [0.29, 0.717) is 6.54 Å². The summed E-state index contributed by atoms with van der Waals surface area (Å²) in [7, 11) is 0. The first-order valence-electron chi connectivity index (χ1n) is 13.6. The maximum atomic E-state index is 12.2. The molecular weight excluding hydrogens is 504 g/mol. The SMILES string of the molecule is CCCCCCCCNC(=O)CC[C@H]1O[C@H](CO[C@@H]2O[C@H](CO)[C@@H](O)[C@H](O)[C@H]2NC(C)=O)[C@@H](O)[C@H](O)[C@@H]1O. The molecule has 0 unspecified atom stereocenters. The maximum Gasteiger partial charge on any atom is 0.220 e. The van der Waals surface area contributed by atoms with Gasteiger partial charge in [-0.1, -0.05) is 39.0 Å². The second-order valence-electron chi connectivity index (χ2n) is 10.1. The van der Waals surface area contributed by atoms with E-state index in [-0.39, 0.29) is 25.4 Å². The van der Waals surface area contributed by atoms with Crippen LogP contribution in [0.15, 0.2) is 0 Å². The molecule has 0 aromatic rings. The third-order valence-electron chi connectivity index (χ3n) is 7.00. The molecule has 0 bridgehead atoms. The van der Waals surface area contributed by atoms with Gasteiger partial charge in [0.25, 0.3) is 0 Å². The van der Waals surface area contributed by atoms with Gasteiger partial charge in [0.05, 0.1) is 19.3 Å². The minimum absolute atomic E-state index is 0.0482. The lowest BCUT2D eigenvalue weighted by Gasteiger charge is -2.44. The van der Waals surface area contributed by atoms with E-state index in [1.807, 2.05) is 0 Å². The fourth-order valence-electron chi connectivity index (χ4n) is 4.70. The Kier molecular flexibility index (Phi) is 14.4. The first-order chi connectivity index (χ1) is 18.1. The van der Waals surface area contributed by atoms with E-state index in [9.17, 15) is 40.2 Å². The molecule has 2 rings (SSSR count). The Balaban J connectivity index is 1.88. The molecule has 0 aliphatic carbocycles. The quantitative estimate of drug-likeness (QED) is 0.105. The van der Waals surface area contributed by atoms with Crippen LogP contribution in [0.1, 0.15) is 65.2 Å². The minimum Gasteiger partial charge on any atom is -0.394 e. The van der Waals surface area contributed by atoms with E-state index in [0.717, 1.165) is 19.3 Å². The highest BCUT2D eigenvalue weighted by atomic mass is 16.7. The van der Waals surface area contributed by atoms with Crippen molar-refractivity contribution in [2.75, 3.05) is 19.8 Å². The molecule has 222 valence electrons. The standard InChI is InChI=1S/C25H46N2O11/c1-3-4-5-6-7-8-11-26-18(30)10-9-15-20(31)24(35)22(33)17(37-15)13-36-25-19(27-14(2)29)23(34)21(32)16(12-28)38-25/h15-17,19-25,28,31-35H,3-13H2,1-2H3,(H,26,30)(H,27,29)/t15-,16-,17-,19-,20-,21-,22-,23-,24-,25-/m1/s1. The number of rotatable bonds is 15. The molecule has 2 aliphatic heterocycles. The summed E-state index contributed by atoms with van der Waals surface area (Å²) in [4.78, 5) is 23.8. The summed E-state index contributed by atoms with van der Waals surface area (Å²) < 4.78 is 16.9. The van der Waals surface area contributed by atoms with Crippen LogP contribution in [0.25, 0.3) is 0 Å². The van der Waals surface area contributed by atoms with E-state index < -0.39 is 73.7 Å². The van der Waals surface area contributed by atoms with Crippen LogP contribution in [0.2, 0.25) is 0 Å². The normalized spacial score (nSPS) is 35.6. The molecule has 0 spiro atoms. The Morgan fingerprint density at radius 1 is 0.816 bits per heavy atom. The van der Waals surface area contributed by atoms with Crippen LogP contribution in [-0.2, 0) is 23.8 Å². The third kappa shape index (κ3) is 9.65. The summed E-state index contributed by atoms with van der Waals surface area (Å²) in [5, 5.41) is 66.4. The molecule has 0 radical (unpaired) electrons. The van der Waals surface area contributed by atoms with E-state index in [2.05, 4.69) is 17.6 Å². The third-order valence-corrected chi connectivity index (χ3v) is 7.00. The highest BCUT2D eigenvalue weighted by molar-refractivity contribution is 5.75. The highest BCUT2D eigenvalue weighted by Gasteiger charge is 2.47. The average molecular weight is 551 g/mol. The Morgan fingerprint density at radius 2 is 1.45 bits per heavy atom. The van der Waals surface area contributed by atoms with Crippen LogP contribution in [0.5, 0.6) is 0 Å². The molecule has 0 aromatic carbocycles. The molecule has 8 N–H and O–H groups in total. The fourth-order valence-corrected chi connectivity index (χ4v) is 4.70. The molecule has 0 aromatic heterocycles. The van der Waals surface area contributed by atoms with Crippen molar-refractivity contribution >= 4 is 11.8 Å². The smallest absolute Gasteiger partial charge is 0.220 e. The number of carbonyl (C=O) groups excluding carboxylic acids is 2. The van der Waals surface area contributed by atoms with Crippen LogP contribution in [0, 0.1) is 0 Å². The Labute approximate surface area is 223 Å². The predicted octanol–water partition coefficient (Wildman–Crippen LogP) is -1.95. The summed E-state index contributed by atoms with van der Waals surface area (Å²) in [6, 6.07) is -1.19. The molecule has 13 heteroatoms. The molecule has 2 saturated heterocycles. The molecular formula is C25H46N2O11. The van der Waals surface area contributed by atoms with Gasteiger partial charge in [-0.05, 0) is 12.8 Å². The number of ether oxygens (including phenoxy) is 3. The summed E-state index contributed by atoms with van der Waals surface area (Å²) in [6.45, 7) is 2.91. The molecule has 2 fully saturated rings. The Morgan fingerprint density at radius 3 is 2.11 bits per heavy atom. The van der Waals surface area contributed by atoms with Gasteiger partial charge in [0.2, 0.25) is 11.8 Å². The van der Waals surface area contributed by atoms with Crippen LogP contribution in [0.4, 0.5) is 0 Å². The minimum atomic E-state index is -1.57. The van der Waals surface area contributed by atoms with Gasteiger partial charge in [0.1, 0.15) is 48.8 Å². The van der Waals surface area contributed by atoms with E-state index in [1.165, 1.54) is 26.2 Å². The van der Waals surface area contributed by atoms with Crippen LogP contribution in [0.3, 0.4) is 0 Å². The Bertz CT molecular complexity index is 715. The fraction of sp³-hybridized carbons (Fsp3) is 0.920. The Hall–Kier alpha value is -1.42. The van der Waals surface area contributed by atoms with Crippen molar-refractivity contribution in [3.63, 3.8) is 0 Å². The van der Waals surface area contributed by atoms with E-state index in [4.69, 9.17) is 14.2 Å². The highest BCUT2D eigenvalue weighted by Crippen LogP contribution is 2.27. The topological polar surface area (TPSA) is 207 Å². The van der Waals surface area contributed by atoms with Crippen LogP contribution in [-0.4, -0.2) is 123 Å². The zero-order valence-electron chi connectivity index (χ0n) is 22.3. The molecule has 2 heterocycles. The van der Waals surface area contributed by atoms with Gasteiger partial charge in [-0.3, -0.25) is 9.59 Å². The number of carbonyl (C=O) groups is 2. The number of amides is 2. The van der Waals surface area contributed by atoms with E-state index >= 15 is 0 Å². The van der Waals surface area contributed by atoms with Gasteiger partial charge in [-0.25, -0.2) is 0 Å². The van der Waals surface area contributed by atoms with Gasteiger partial charge >= 0.3 is 0 Å². The molecule has 13 nitrogen and oxygen atoms in total. The van der Waals surface area contributed by atoms with Gasteiger partial charge in [0.15, 0.2) is 6.29 Å². The second kappa shape index (κ2) is 16.6. The predicted molar refractivity (Wildman–Crippen MR) is 134 cm³/mol. The zero-order chi connectivity index (χ0) is 28.2. The first-order valence-corrected chi connectivity index (χ1v) is 13.6. The summed E-state index contributed by atoms with van der Waals surface area (Å²) in [5.74, 6) is -0.734. The summed E-state index contributed by atoms with van der Waals surface area (Å²) in [6.07, 6.45) is -5.36. The molecule has 2 aliphatic rings. The second-order valence-corrected chi connectivity index (χ2v) is 10.1. The first kappa shape index (κ1) is 32.8. The molecule has 0 saturated carbocycles. The van der Waals surface area contributed by atoms with Crippen molar-refractivity contribution in [1.82, 2.24) is 10.6 Å². The lowest BCUT2D eigenvalue weighted by atomic mass is 9.92. The zero-order valence-corrected chi connectivity index (χ0v) is 22.3. The van der Waals surface area contributed by atoms with Crippen molar-refractivity contribution in [3.05, 3.63) is 0 Å². The van der Waals surface area contributed by atoms with Gasteiger partial charge in [-0.2, -0.15) is 0 Å². The van der Waals surface area contributed by atoms with Crippen LogP contribution < -0.4 is 10.6 Å². The lowest BCUT2D eigenvalue weighted by Crippen LogP contribution is -2.65. The largest absolute Gasteiger partial charge is 0.394 e. The number of hydrogen-bond donors (Lipinski definition) is 8. The van der Waals surface area contributed by atoms with Crippen molar-refractivity contribution in [3.8, 4) is 0 Å². The van der Waals surface area contributed by atoms with Gasteiger partial charge in [-0.15, -0.1) is 0 Å². The van der Waals surface area contributed by atoms with Gasteiger partial charge < -0.3 is 55.5 Å². The van der Waals surface area contributed by atoms with Crippen LogP contribution >= 0.6 is 0 Å². The maximum absolute atomic E-state index is 12.2. The molecule has 38 heavy (non-hydrogen) atoms. The lowest BCUT2D eigenvalue weighted by molar-refractivity contribution is -0.290. The number of hydrogen-bond acceptors (Lipinski definition) is 11. The summed E-state index contributed by atoms with van der Waals surface area (Å²) >= 11 is 0.